The van der Waals surface area contributed by atoms with Gasteiger partial charge in [0.2, 0.25) is 0 Å². The topological polar surface area (TPSA) is 21.3 Å². The summed E-state index contributed by atoms with van der Waals surface area (Å²) in [6.07, 6.45) is 2.75. The van der Waals surface area contributed by atoms with Crippen LogP contribution >= 0.6 is 11.3 Å². The molecular weight excluding hydrogens is 218 g/mol. The van der Waals surface area contributed by atoms with Gasteiger partial charge in [-0.1, -0.05) is 19.9 Å². The molecule has 0 aliphatic carbocycles. The van der Waals surface area contributed by atoms with Crippen LogP contribution in [0.4, 0.5) is 0 Å². The number of nitrogens with one attached hydrogen (secondary N) is 1. The highest BCUT2D eigenvalue weighted by atomic mass is 32.1. The van der Waals surface area contributed by atoms with Gasteiger partial charge in [0.25, 0.3) is 0 Å². The van der Waals surface area contributed by atoms with Gasteiger partial charge in [-0.15, -0.1) is 11.3 Å². The Bertz CT molecular complexity index is 299. The van der Waals surface area contributed by atoms with E-state index in [1.165, 1.54) is 11.3 Å². The molecule has 1 aliphatic rings. The molecule has 1 aromatic rings. The lowest BCUT2D eigenvalue weighted by atomic mass is 9.90. The Morgan fingerprint density at radius 3 is 3.06 bits per heavy atom. The van der Waals surface area contributed by atoms with Crippen molar-refractivity contribution in [2.75, 3.05) is 13.2 Å². The first kappa shape index (κ1) is 12.1. The molecule has 3 atom stereocenters. The van der Waals surface area contributed by atoms with Crippen LogP contribution in [-0.2, 0) is 4.74 Å². The Balaban J connectivity index is 2.12. The van der Waals surface area contributed by atoms with E-state index < -0.39 is 0 Å². The Kier molecular flexibility index (Phi) is 4.38. The van der Waals surface area contributed by atoms with Crippen molar-refractivity contribution in [3.8, 4) is 0 Å². The predicted molar refractivity (Wildman–Crippen MR) is 68.9 cm³/mol. The molecule has 0 bridgehead atoms. The largest absolute Gasteiger partial charge is 0.378 e. The molecule has 0 aromatic carbocycles. The first-order valence-corrected chi connectivity index (χ1v) is 7.13. The maximum atomic E-state index is 5.80. The van der Waals surface area contributed by atoms with Crippen molar-refractivity contribution < 1.29 is 4.74 Å². The Morgan fingerprint density at radius 2 is 2.44 bits per heavy atom. The van der Waals surface area contributed by atoms with Gasteiger partial charge < -0.3 is 10.1 Å². The van der Waals surface area contributed by atoms with Gasteiger partial charge in [-0.05, 0) is 30.8 Å². The second kappa shape index (κ2) is 5.80. The van der Waals surface area contributed by atoms with Crippen LogP contribution in [0.25, 0.3) is 0 Å². The van der Waals surface area contributed by atoms with E-state index in [1.807, 2.05) is 11.3 Å². The third-order valence-electron chi connectivity index (χ3n) is 3.36. The highest BCUT2D eigenvalue weighted by Gasteiger charge is 2.34. The van der Waals surface area contributed by atoms with Crippen LogP contribution in [-0.4, -0.2) is 19.3 Å². The SMILES string of the molecule is CCNC(c1cccs1)C1CCOC1CC. The maximum Gasteiger partial charge on any atom is 0.0620 e. The van der Waals surface area contributed by atoms with Crippen LogP contribution < -0.4 is 5.32 Å². The first-order chi connectivity index (χ1) is 7.86. The highest BCUT2D eigenvalue weighted by molar-refractivity contribution is 7.10. The third kappa shape index (κ3) is 2.47. The summed E-state index contributed by atoms with van der Waals surface area (Å²) in [7, 11) is 0. The lowest BCUT2D eigenvalue weighted by molar-refractivity contribution is 0.0779. The quantitative estimate of drug-likeness (QED) is 0.852. The molecule has 90 valence electrons. The van der Waals surface area contributed by atoms with Crippen molar-refractivity contribution in [1.29, 1.82) is 0 Å². The molecule has 3 unspecified atom stereocenters. The molecule has 0 amide bonds. The summed E-state index contributed by atoms with van der Waals surface area (Å²) in [4.78, 5) is 1.45. The monoisotopic (exact) mass is 239 g/mol. The summed E-state index contributed by atoms with van der Waals surface area (Å²) >= 11 is 1.85. The normalized spacial score (nSPS) is 27.1. The number of thiophene rings is 1. The van der Waals surface area contributed by atoms with Crippen molar-refractivity contribution >= 4 is 11.3 Å². The molecule has 0 radical (unpaired) electrons. The summed E-state index contributed by atoms with van der Waals surface area (Å²) < 4.78 is 5.80. The minimum absolute atomic E-state index is 0.436. The summed E-state index contributed by atoms with van der Waals surface area (Å²) in [5, 5.41) is 5.78. The minimum atomic E-state index is 0.436. The van der Waals surface area contributed by atoms with E-state index in [4.69, 9.17) is 4.74 Å². The molecule has 1 N–H and O–H groups in total. The number of hydrogen-bond donors (Lipinski definition) is 1. The maximum absolute atomic E-state index is 5.80. The molecule has 0 spiro atoms. The van der Waals surface area contributed by atoms with Crippen LogP contribution in [0.15, 0.2) is 17.5 Å². The third-order valence-corrected chi connectivity index (χ3v) is 4.32. The van der Waals surface area contributed by atoms with E-state index >= 15 is 0 Å². The van der Waals surface area contributed by atoms with E-state index in [1.54, 1.807) is 0 Å². The van der Waals surface area contributed by atoms with Gasteiger partial charge >= 0.3 is 0 Å². The molecule has 2 nitrogen and oxygen atoms in total. The first-order valence-electron chi connectivity index (χ1n) is 6.25. The van der Waals surface area contributed by atoms with Gasteiger partial charge in [0.15, 0.2) is 0 Å². The Morgan fingerprint density at radius 1 is 1.56 bits per heavy atom. The smallest absolute Gasteiger partial charge is 0.0620 e. The zero-order valence-electron chi connectivity index (χ0n) is 10.1. The zero-order chi connectivity index (χ0) is 11.4. The molecule has 1 saturated heterocycles. The van der Waals surface area contributed by atoms with Gasteiger partial charge in [-0.3, -0.25) is 0 Å². The van der Waals surface area contributed by atoms with Crippen molar-refractivity contribution in [1.82, 2.24) is 5.32 Å². The molecular formula is C13H21NOS. The summed E-state index contributed by atoms with van der Waals surface area (Å²) in [6.45, 7) is 6.35. The van der Waals surface area contributed by atoms with Crippen LogP contribution in [0, 0.1) is 5.92 Å². The lowest BCUT2D eigenvalue weighted by Gasteiger charge is -2.27. The molecule has 2 heterocycles. The second-order valence-electron chi connectivity index (χ2n) is 4.32. The fourth-order valence-electron chi connectivity index (χ4n) is 2.62. The second-order valence-corrected chi connectivity index (χ2v) is 5.30. The summed E-state index contributed by atoms with van der Waals surface area (Å²) in [5.74, 6) is 0.642. The van der Waals surface area contributed by atoms with Crippen molar-refractivity contribution in [3.05, 3.63) is 22.4 Å². The number of hydrogen-bond acceptors (Lipinski definition) is 3. The van der Waals surface area contributed by atoms with Crippen LogP contribution in [0.2, 0.25) is 0 Å². The van der Waals surface area contributed by atoms with Gasteiger partial charge in [0.05, 0.1) is 6.10 Å². The number of rotatable bonds is 5. The summed E-state index contributed by atoms with van der Waals surface area (Å²) in [6, 6.07) is 4.86. The van der Waals surface area contributed by atoms with Crippen molar-refractivity contribution in [2.45, 2.75) is 38.8 Å². The summed E-state index contributed by atoms with van der Waals surface area (Å²) in [5.41, 5.74) is 0. The van der Waals surface area contributed by atoms with E-state index in [2.05, 4.69) is 36.7 Å². The molecule has 1 aromatic heterocycles. The molecule has 1 fully saturated rings. The lowest BCUT2D eigenvalue weighted by Crippen LogP contribution is -2.32. The molecule has 3 heteroatoms. The highest BCUT2D eigenvalue weighted by Crippen LogP contribution is 2.36. The average Bonchev–Trinajstić information content (AvgIpc) is 2.96. The number of ether oxygens (including phenoxy) is 1. The fourth-order valence-corrected chi connectivity index (χ4v) is 3.49. The van der Waals surface area contributed by atoms with E-state index in [9.17, 15) is 0 Å². The van der Waals surface area contributed by atoms with Crippen molar-refractivity contribution in [2.24, 2.45) is 5.92 Å². The molecule has 1 aliphatic heterocycles. The standard InChI is InChI=1S/C13H21NOS/c1-3-11-10(7-8-15-11)13(14-4-2)12-6-5-9-16-12/h5-6,9-11,13-14H,3-4,7-8H2,1-2H3. The van der Waals surface area contributed by atoms with Crippen LogP contribution in [0.1, 0.15) is 37.6 Å². The molecule has 16 heavy (non-hydrogen) atoms. The average molecular weight is 239 g/mol. The van der Waals surface area contributed by atoms with Gasteiger partial charge in [-0.2, -0.15) is 0 Å². The van der Waals surface area contributed by atoms with Gasteiger partial charge in [-0.25, -0.2) is 0 Å². The predicted octanol–water partition coefficient (Wildman–Crippen LogP) is 3.21. The van der Waals surface area contributed by atoms with Crippen LogP contribution in [0.3, 0.4) is 0 Å². The molecule has 0 saturated carbocycles. The zero-order valence-corrected chi connectivity index (χ0v) is 10.9. The van der Waals surface area contributed by atoms with E-state index in [-0.39, 0.29) is 0 Å². The van der Waals surface area contributed by atoms with Crippen molar-refractivity contribution in [3.63, 3.8) is 0 Å². The minimum Gasteiger partial charge on any atom is -0.378 e. The van der Waals surface area contributed by atoms with E-state index in [0.717, 1.165) is 19.6 Å². The van der Waals surface area contributed by atoms with Crippen LogP contribution in [0.5, 0.6) is 0 Å². The Labute approximate surface area is 102 Å². The van der Waals surface area contributed by atoms with Gasteiger partial charge in [0, 0.05) is 23.4 Å². The fraction of sp³-hybridized carbons (Fsp3) is 0.692. The molecule has 2 rings (SSSR count). The Hall–Kier alpha value is -0.380. The van der Waals surface area contributed by atoms with E-state index in [0.29, 0.717) is 18.1 Å². The van der Waals surface area contributed by atoms with Gasteiger partial charge in [0.1, 0.15) is 0 Å².